The summed E-state index contributed by atoms with van der Waals surface area (Å²) in [5, 5.41) is 7.31. The van der Waals surface area contributed by atoms with E-state index in [4.69, 9.17) is 14.7 Å². The zero-order chi connectivity index (χ0) is 26.3. The number of morpholine rings is 1. The first-order valence-electron chi connectivity index (χ1n) is 11.6. The van der Waals surface area contributed by atoms with Gasteiger partial charge in [-0.2, -0.15) is 0 Å². The molecule has 2 N–H and O–H groups in total. The number of nitrogens with one attached hydrogen (secondary N) is 1. The Balaban J connectivity index is 0.00000176. The van der Waals surface area contributed by atoms with Gasteiger partial charge in [-0.05, 0) is 36.6 Å². The zero-order valence-corrected chi connectivity index (χ0v) is 20.9. The van der Waals surface area contributed by atoms with Crippen LogP contribution < -0.4 is 10.4 Å². The van der Waals surface area contributed by atoms with E-state index in [1.54, 1.807) is 12.1 Å². The van der Waals surface area contributed by atoms with Crippen LogP contribution in [0.15, 0.2) is 24.3 Å². The van der Waals surface area contributed by atoms with Gasteiger partial charge in [0.2, 0.25) is 0 Å². The molecule has 2 saturated heterocycles. The van der Waals surface area contributed by atoms with E-state index < -0.39 is 33.2 Å². The van der Waals surface area contributed by atoms with Crippen molar-refractivity contribution in [3.05, 3.63) is 29.8 Å². The Bertz CT molecular complexity index is 1120. The maximum Gasteiger partial charge on any atom is 0.414 e. The van der Waals surface area contributed by atoms with E-state index in [2.05, 4.69) is 29.6 Å². The second-order valence-corrected chi connectivity index (χ2v) is 11.2. The van der Waals surface area contributed by atoms with Gasteiger partial charge in [0, 0.05) is 49.5 Å². The highest BCUT2D eigenvalue weighted by molar-refractivity contribution is 7.92. The Labute approximate surface area is 211 Å². The van der Waals surface area contributed by atoms with E-state index in [0.29, 0.717) is 17.5 Å². The number of hydrogen-bond donors (Lipinski definition) is 2. The molecular formula is C25H31N3O7S. The third kappa shape index (κ3) is 7.21. The van der Waals surface area contributed by atoms with Crippen molar-refractivity contribution in [2.24, 2.45) is 11.8 Å². The van der Waals surface area contributed by atoms with Crippen molar-refractivity contribution in [1.29, 1.82) is 0 Å². The fraction of sp³-hybridized carbons (Fsp3) is 0.520. The summed E-state index contributed by atoms with van der Waals surface area (Å²) in [6.07, 6.45) is 8.34. The van der Waals surface area contributed by atoms with Crippen molar-refractivity contribution in [2.75, 3.05) is 50.5 Å². The summed E-state index contributed by atoms with van der Waals surface area (Å²) in [7, 11) is -3.80. The van der Waals surface area contributed by atoms with Crippen molar-refractivity contribution in [2.45, 2.75) is 24.2 Å². The number of cyclic esters (lactones) is 1. The third-order valence-corrected chi connectivity index (χ3v) is 7.81. The summed E-state index contributed by atoms with van der Waals surface area (Å²) in [5.74, 6) is 6.53. The number of carbonyl (C=O) groups is 2. The summed E-state index contributed by atoms with van der Waals surface area (Å²) in [6.45, 7) is 4.75. The van der Waals surface area contributed by atoms with Crippen LogP contribution in [0.25, 0.3) is 0 Å². The van der Waals surface area contributed by atoms with Gasteiger partial charge in [0.25, 0.3) is 5.91 Å². The van der Waals surface area contributed by atoms with Gasteiger partial charge in [0.1, 0.15) is 11.4 Å². The average molecular weight is 518 g/mol. The lowest BCUT2D eigenvalue weighted by molar-refractivity contribution is -0.129. The van der Waals surface area contributed by atoms with Gasteiger partial charge in [-0.3, -0.25) is 19.8 Å². The summed E-state index contributed by atoms with van der Waals surface area (Å²) < 4.78 is 34.4. The van der Waals surface area contributed by atoms with E-state index in [1.165, 1.54) is 10.4 Å². The minimum atomic E-state index is -3.80. The van der Waals surface area contributed by atoms with Crippen LogP contribution >= 0.6 is 0 Å². The molecule has 11 heteroatoms. The number of rotatable bonds is 7. The SMILES string of the molecule is C#C.CS(=O)(=O)C(C[C@H]1CN(c2ccc(C#CC3CC3CN3CCOCC3)cc2)C(=O)O1)C(=O)NO. The summed E-state index contributed by atoms with van der Waals surface area (Å²) >= 11 is 0. The van der Waals surface area contributed by atoms with Crippen LogP contribution in [0.5, 0.6) is 0 Å². The lowest BCUT2D eigenvalue weighted by Crippen LogP contribution is -2.40. The lowest BCUT2D eigenvalue weighted by Gasteiger charge is -2.26. The predicted octanol–water partition coefficient (Wildman–Crippen LogP) is 0.890. The molecule has 1 aromatic carbocycles. The van der Waals surface area contributed by atoms with E-state index in [-0.39, 0.29) is 13.0 Å². The maximum absolute atomic E-state index is 12.3. The highest BCUT2D eigenvalue weighted by Gasteiger charge is 2.39. The number of anilines is 1. The molecule has 1 aromatic rings. The van der Waals surface area contributed by atoms with Crippen LogP contribution in [-0.4, -0.2) is 87.5 Å². The van der Waals surface area contributed by atoms with Crippen molar-refractivity contribution in [1.82, 2.24) is 10.4 Å². The largest absolute Gasteiger partial charge is 0.444 e. The summed E-state index contributed by atoms with van der Waals surface area (Å²) in [4.78, 5) is 27.9. The molecule has 3 aliphatic rings. The number of terminal acetylenes is 1. The number of ether oxygens (including phenoxy) is 2. The standard InChI is InChI=1S/C23H29N3O7S.C2H2/c1-34(30,31)21(22(27)24-29)13-20-15-26(23(28)33-20)19-6-3-16(4-7-19)2-5-17-12-18(17)14-25-8-10-32-11-9-25;1-2/h3-4,6-7,17-18,20-21,29H,8-15H2,1H3,(H,24,27);1-2H/t17?,18?,20-,21?;/m0./s1. The zero-order valence-electron chi connectivity index (χ0n) is 20.1. The van der Waals surface area contributed by atoms with Gasteiger partial charge in [-0.25, -0.2) is 18.7 Å². The summed E-state index contributed by atoms with van der Waals surface area (Å²) in [6, 6.07) is 7.20. The minimum Gasteiger partial charge on any atom is -0.444 e. The highest BCUT2D eigenvalue weighted by Crippen LogP contribution is 2.38. The van der Waals surface area contributed by atoms with Crippen LogP contribution in [0.1, 0.15) is 18.4 Å². The number of amides is 2. The summed E-state index contributed by atoms with van der Waals surface area (Å²) in [5.41, 5.74) is 2.80. The number of carbonyl (C=O) groups excluding carboxylic acids is 2. The fourth-order valence-electron chi connectivity index (χ4n) is 4.28. The molecule has 194 valence electrons. The Morgan fingerprint density at radius 1 is 1.25 bits per heavy atom. The van der Waals surface area contributed by atoms with Crippen LogP contribution in [0, 0.1) is 36.5 Å². The molecule has 4 rings (SSSR count). The first-order chi connectivity index (χ1) is 17.2. The molecule has 36 heavy (non-hydrogen) atoms. The molecular weight excluding hydrogens is 486 g/mol. The van der Waals surface area contributed by atoms with Crippen LogP contribution in [0.2, 0.25) is 0 Å². The van der Waals surface area contributed by atoms with Gasteiger partial charge in [0.05, 0.1) is 19.8 Å². The minimum absolute atomic E-state index is 0.0971. The Morgan fingerprint density at radius 3 is 2.53 bits per heavy atom. The highest BCUT2D eigenvalue weighted by atomic mass is 32.2. The first-order valence-corrected chi connectivity index (χ1v) is 13.6. The van der Waals surface area contributed by atoms with Gasteiger partial charge < -0.3 is 9.47 Å². The van der Waals surface area contributed by atoms with E-state index in [0.717, 1.165) is 51.1 Å². The van der Waals surface area contributed by atoms with Gasteiger partial charge in [-0.15, -0.1) is 12.8 Å². The topological polar surface area (TPSA) is 125 Å². The van der Waals surface area contributed by atoms with Crippen molar-refractivity contribution < 1.29 is 32.7 Å². The molecule has 0 aromatic heterocycles. The molecule has 3 fully saturated rings. The second kappa shape index (κ2) is 12.2. The number of nitrogens with zero attached hydrogens (tertiary/aromatic N) is 2. The van der Waals surface area contributed by atoms with Gasteiger partial charge >= 0.3 is 6.09 Å². The van der Waals surface area contributed by atoms with Crippen molar-refractivity contribution in [3.8, 4) is 24.7 Å². The molecule has 4 atom stereocenters. The number of hydrogen-bond acceptors (Lipinski definition) is 8. The monoisotopic (exact) mass is 517 g/mol. The number of sulfone groups is 1. The quantitative estimate of drug-likeness (QED) is 0.310. The molecule has 2 aliphatic heterocycles. The molecule has 1 aliphatic carbocycles. The maximum atomic E-state index is 12.3. The molecule has 2 heterocycles. The van der Waals surface area contributed by atoms with Gasteiger partial charge in [-0.1, -0.05) is 11.8 Å². The Kier molecular flexibility index (Phi) is 9.35. The van der Waals surface area contributed by atoms with Gasteiger partial charge in [0.15, 0.2) is 9.84 Å². The molecule has 0 bridgehead atoms. The number of hydroxylamine groups is 1. The second-order valence-electron chi connectivity index (χ2n) is 8.98. The number of benzene rings is 1. The first kappa shape index (κ1) is 27.5. The van der Waals surface area contributed by atoms with Crippen molar-refractivity contribution in [3.63, 3.8) is 0 Å². The van der Waals surface area contributed by atoms with Crippen LogP contribution in [-0.2, 0) is 24.1 Å². The molecule has 2 amide bonds. The molecule has 1 saturated carbocycles. The average Bonchev–Trinajstić information content (AvgIpc) is 3.51. The lowest BCUT2D eigenvalue weighted by atomic mass is 10.1. The molecule has 10 nitrogen and oxygen atoms in total. The van der Waals surface area contributed by atoms with Crippen LogP contribution in [0.3, 0.4) is 0 Å². The van der Waals surface area contributed by atoms with E-state index in [1.807, 2.05) is 12.1 Å². The predicted molar refractivity (Wildman–Crippen MR) is 133 cm³/mol. The van der Waals surface area contributed by atoms with E-state index in [9.17, 15) is 18.0 Å². The smallest absolute Gasteiger partial charge is 0.414 e. The third-order valence-electron chi connectivity index (χ3n) is 6.37. The molecule has 0 spiro atoms. The van der Waals surface area contributed by atoms with Crippen molar-refractivity contribution >= 4 is 27.5 Å². The Morgan fingerprint density at radius 2 is 1.92 bits per heavy atom. The van der Waals surface area contributed by atoms with Crippen LogP contribution in [0.4, 0.5) is 10.5 Å². The fourth-order valence-corrected chi connectivity index (χ4v) is 5.29. The van der Waals surface area contributed by atoms with E-state index >= 15 is 0 Å². The Hall–Kier alpha value is -3.09. The molecule has 3 unspecified atom stereocenters. The normalized spacial score (nSPS) is 24.4. The molecule has 0 radical (unpaired) electrons.